The molecule has 0 radical (unpaired) electrons. The van der Waals surface area contributed by atoms with Crippen molar-refractivity contribution in [1.82, 2.24) is 14.9 Å². The largest absolute Gasteiger partial charge is 0.417 e. The third-order valence-electron chi connectivity index (χ3n) is 3.71. The van der Waals surface area contributed by atoms with Crippen LogP contribution in [-0.4, -0.2) is 34.1 Å². The second-order valence-electron chi connectivity index (χ2n) is 5.41. The molecule has 5 nitrogen and oxygen atoms in total. The van der Waals surface area contributed by atoms with Crippen LogP contribution in [0.3, 0.4) is 0 Å². The van der Waals surface area contributed by atoms with Crippen molar-refractivity contribution in [2.24, 2.45) is 0 Å². The summed E-state index contributed by atoms with van der Waals surface area (Å²) in [7, 11) is 0. The van der Waals surface area contributed by atoms with Crippen molar-refractivity contribution in [3.8, 4) is 6.01 Å². The van der Waals surface area contributed by atoms with Gasteiger partial charge in [-0.05, 0) is 30.9 Å². The predicted octanol–water partition coefficient (Wildman–Crippen LogP) is 3.05. The molecule has 1 aromatic carbocycles. The van der Waals surface area contributed by atoms with Crippen LogP contribution in [0.1, 0.15) is 30.5 Å². The van der Waals surface area contributed by atoms with Gasteiger partial charge in [0, 0.05) is 25.7 Å². The zero-order valence-electron chi connectivity index (χ0n) is 12.4. The number of aromatic nitrogens is 2. The number of hydrogen-bond acceptors (Lipinski definition) is 4. The van der Waals surface area contributed by atoms with E-state index >= 15 is 0 Å². The fourth-order valence-corrected chi connectivity index (χ4v) is 2.55. The van der Waals surface area contributed by atoms with Crippen molar-refractivity contribution in [3.05, 3.63) is 53.9 Å². The first-order valence-electron chi connectivity index (χ1n) is 7.64. The maximum Gasteiger partial charge on any atom is 0.417 e. The molecule has 1 fully saturated rings. The molecule has 2 heterocycles. The van der Waals surface area contributed by atoms with E-state index in [4.69, 9.17) is 4.74 Å². The van der Waals surface area contributed by atoms with Crippen molar-refractivity contribution in [1.29, 1.82) is 0 Å². The average molecular weight is 297 g/mol. The summed E-state index contributed by atoms with van der Waals surface area (Å²) in [4.78, 5) is 22.1. The van der Waals surface area contributed by atoms with E-state index in [1.165, 1.54) is 6.42 Å². The first kappa shape index (κ1) is 14.5. The summed E-state index contributed by atoms with van der Waals surface area (Å²) in [6.45, 7) is 1.51. The van der Waals surface area contributed by atoms with E-state index in [-0.39, 0.29) is 12.1 Å². The van der Waals surface area contributed by atoms with Gasteiger partial charge in [-0.15, -0.1) is 0 Å². The number of amides is 1. The Bertz CT molecular complexity index is 625. The van der Waals surface area contributed by atoms with Crippen molar-refractivity contribution in [3.63, 3.8) is 0 Å². The quantitative estimate of drug-likeness (QED) is 0.873. The standard InChI is InChI=1S/C17H19N3O2/c21-17(20-11-5-2-6-12-20)22-16-18-10-9-15(19-16)13-14-7-3-1-4-8-14/h1,3-4,7-10H,2,5-6,11-13H2. The highest BCUT2D eigenvalue weighted by Crippen LogP contribution is 2.13. The van der Waals surface area contributed by atoms with E-state index < -0.39 is 0 Å². The highest BCUT2D eigenvalue weighted by Gasteiger charge is 2.19. The molecule has 114 valence electrons. The molecular formula is C17H19N3O2. The fourth-order valence-electron chi connectivity index (χ4n) is 2.55. The Labute approximate surface area is 130 Å². The summed E-state index contributed by atoms with van der Waals surface area (Å²) in [5.41, 5.74) is 2.00. The van der Waals surface area contributed by atoms with Crippen molar-refractivity contribution < 1.29 is 9.53 Å². The monoisotopic (exact) mass is 297 g/mol. The topological polar surface area (TPSA) is 55.3 Å². The molecule has 1 aliphatic rings. The molecule has 0 spiro atoms. The summed E-state index contributed by atoms with van der Waals surface area (Å²) in [5, 5.41) is 0. The minimum absolute atomic E-state index is 0.129. The maximum atomic E-state index is 12.1. The Morgan fingerprint density at radius 1 is 1.09 bits per heavy atom. The summed E-state index contributed by atoms with van der Waals surface area (Å²) in [6.07, 6.45) is 5.21. The van der Waals surface area contributed by atoms with Gasteiger partial charge in [-0.2, -0.15) is 4.98 Å². The fraction of sp³-hybridized carbons (Fsp3) is 0.353. The van der Waals surface area contributed by atoms with Gasteiger partial charge in [0.2, 0.25) is 0 Å². The lowest BCUT2D eigenvalue weighted by atomic mass is 10.1. The van der Waals surface area contributed by atoms with Gasteiger partial charge in [-0.1, -0.05) is 30.3 Å². The summed E-state index contributed by atoms with van der Waals surface area (Å²) in [5.74, 6) is 0. The van der Waals surface area contributed by atoms with Crippen LogP contribution >= 0.6 is 0 Å². The molecule has 2 aromatic rings. The number of hydrogen-bond donors (Lipinski definition) is 0. The first-order valence-corrected chi connectivity index (χ1v) is 7.64. The second kappa shape index (κ2) is 7.02. The van der Waals surface area contributed by atoms with Crippen LogP contribution in [0.2, 0.25) is 0 Å². The lowest BCUT2D eigenvalue weighted by Gasteiger charge is -2.25. The highest BCUT2D eigenvalue weighted by molar-refractivity contribution is 5.69. The molecule has 1 aromatic heterocycles. The molecule has 0 aliphatic carbocycles. The first-order chi connectivity index (χ1) is 10.8. The molecule has 1 saturated heterocycles. The van der Waals surface area contributed by atoms with Gasteiger partial charge >= 0.3 is 12.1 Å². The molecule has 1 aliphatic heterocycles. The van der Waals surface area contributed by atoms with E-state index in [1.807, 2.05) is 36.4 Å². The Hall–Kier alpha value is -2.43. The van der Waals surface area contributed by atoms with E-state index in [1.54, 1.807) is 11.1 Å². The van der Waals surface area contributed by atoms with Crippen LogP contribution in [0.15, 0.2) is 42.6 Å². The summed E-state index contributed by atoms with van der Waals surface area (Å²) >= 11 is 0. The average Bonchev–Trinajstić information content (AvgIpc) is 2.57. The zero-order chi connectivity index (χ0) is 15.2. The second-order valence-corrected chi connectivity index (χ2v) is 5.41. The Morgan fingerprint density at radius 2 is 1.86 bits per heavy atom. The summed E-state index contributed by atoms with van der Waals surface area (Å²) in [6, 6.07) is 12.0. The van der Waals surface area contributed by atoms with Gasteiger partial charge in [0.15, 0.2) is 0 Å². The predicted molar refractivity (Wildman–Crippen MR) is 82.7 cm³/mol. The highest BCUT2D eigenvalue weighted by atomic mass is 16.6. The van der Waals surface area contributed by atoms with Crippen LogP contribution in [0.25, 0.3) is 0 Å². The van der Waals surface area contributed by atoms with Crippen molar-refractivity contribution in [2.75, 3.05) is 13.1 Å². The minimum atomic E-state index is -0.350. The maximum absolute atomic E-state index is 12.1. The number of ether oxygens (including phenoxy) is 1. The molecule has 0 saturated carbocycles. The molecular weight excluding hydrogens is 278 g/mol. The van der Waals surface area contributed by atoms with E-state index in [0.717, 1.165) is 37.2 Å². The molecule has 0 bridgehead atoms. The molecule has 3 rings (SSSR count). The van der Waals surface area contributed by atoms with Gasteiger partial charge < -0.3 is 9.64 Å². The minimum Gasteiger partial charge on any atom is -0.374 e. The van der Waals surface area contributed by atoms with Gasteiger partial charge in [0.1, 0.15) is 0 Å². The Kier molecular flexibility index (Phi) is 4.63. The number of carbonyl (C=O) groups excluding carboxylic acids is 1. The third kappa shape index (κ3) is 3.81. The van der Waals surface area contributed by atoms with Crippen LogP contribution < -0.4 is 4.74 Å². The SMILES string of the molecule is O=C(Oc1nccc(Cc2ccccc2)n1)N1CCCCC1. The summed E-state index contributed by atoms with van der Waals surface area (Å²) < 4.78 is 5.30. The van der Waals surface area contributed by atoms with Crippen molar-refractivity contribution >= 4 is 6.09 Å². The van der Waals surface area contributed by atoms with Crippen LogP contribution in [-0.2, 0) is 6.42 Å². The van der Waals surface area contributed by atoms with E-state index in [9.17, 15) is 4.79 Å². The van der Waals surface area contributed by atoms with Gasteiger partial charge in [0.05, 0.1) is 5.69 Å². The number of benzene rings is 1. The van der Waals surface area contributed by atoms with Crippen LogP contribution in [0.5, 0.6) is 6.01 Å². The lowest BCUT2D eigenvalue weighted by Crippen LogP contribution is -2.37. The lowest BCUT2D eigenvalue weighted by molar-refractivity contribution is 0.139. The number of likely N-dealkylation sites (tertiary alicyclic amines) is 1. The molecule has 0 atom stereocenters. The van der Waals surface area contributed by atoms with E-state index in [0.29, 0.717) is 6.42 Å². The normalized spacial score (nSPS) is 14.6. The number of carbonyl (C=O) groups is 1. The Balaban J connectivity index is 1.64. The molecule has 1 amide bonds. The smallest absolute Gasteiger partial charge is 0.374 e. The molecule has 22 heavy (non-hydrogen) atoms. The number of piperidine rings is 1. The van der Waals surface area contributed by atoms with Crippen LogP contribution in [0.4, 0.5) is 4.79 Å². The van der Waals surface area contributed by atoms with Crippen LogP contribution in [0, 0.1) is 0 Å². The van der Waals surface area contributed by atoms with Gasteiger partial charge in [-0.3, -0.25) is 0 Å². The third-order valence-corrected chi connectivity index (χ3v) is 3.71. The van der Waals surface area contributed by atoms with Crippen molar-refractivity contribution in [2.45, 2.75) is 25.7 Å². The van der Waals surface area contributed by atoms with Gasteiger partial charge in [-0.25, -0.2) is 9.78 Å². The zero-order valence-corrected chi connectivity index (χ0v) is 12.4. The number of nitrogens with zero attached hydrogens (tertiary/aromatic N) is 3. The Morgan fingerprint density at radius 3 is 2.64 bits per heavy atom. The molecule has 0 N–H and O–H groups in total. The van der Waals surface area contributed by atoms with Gasteiger partial charge in [0.25, 0.3) is 0 Å². The molecule has 5 heteroatoms. The van der Waals surface area contributed by atoms with E-state index in [2.05, 4.69) is 9.97 Å². The number of rotatable bonds is 3. The molecule has 0 unspecified atom stereocenters.